The number of hydrogen-bond acceptors (Lipinski definition) is 3. The van der Waals surface area contributed by atoms with E-state index in [0.717, 1.165) is 42.3 Å². The highest BCUT2D eigenvalue weighted by atomic mass is 16.1. The molecule has 134 valence electrons. The van der Waals surface area contributed by atoms with Crippen molar-refractivity contribution in [3.8, 4) is 0 Å². The minimum Gasteiger partial charge on any atom is -0.361 e. The summed E-state index contributed by atoms with van der Waals surface area (Å²) in [6, 6.07) is 11.2. The molecule has 0 bridgehead atoms. The second-order valence-corrected chi connectivity index (χ2v) is 7.02. The Kier molecular flexibility index (Phi) is 4.32. The summed E-state index contributed by atoms with van der Waals surface area (Å²) in [5, 5.41) is 8.59. The van der Waals surface area contributed by atoms with Crippen LogP contribution in [0.1, 0.15) is 47.8 Å². The lowest BCUT2D eigenvalue weighted by Crippen LogP contribution is -2.39. The minimum atomic E-state index is -0.0534. The first kappa shape index (κ1) is 16.6. The van der Waals surface area contributed by atoms with E-state index < -0.39 is 0 Å². The van der Waals surface area contributed by atoms with Crippen LogP contribution in [0.25, 0.3) is 10.9 Å². The van der Waals surface area contributed by atoms with Crippen LogP contribution < -0.4 is 10.9 Å². The van der Waals surface area contributed by atoms with E-state index in [1.807, 2.05) is 37.4 Å². The largest absolute Gasteiger partial charge is 0.361 e. The standard InChI is InChI=1S/C20H22N4O2/c1-13-2-9-19(25)24(23-13)17-7-5-16(6-8-17)22-20(26)15-4-3-14-10-11-21-18(14)12-15/h2-4,9-12,16-17,21H,5-8H2,1H3,(H,22,26). The molecule has 0 atom stereocenters. The van der Waals surface area contributed by atoms with Crippen LogP contribution in [-0.4, -0.2) is 26.7 Å². The molecule has 26 heavy (non-hydrogen) atoms. The number of nitrogens with one attached hydrogen (secondary N) is 2. The lowest BCUT2D eigenvalue weighted by Gasteiger charge is -2.29. The first-order valence-corrected chi connectivity index (χ1v) is 9.04. The fourth-order valence-electron chi connectivity index (χ4n) is 3.70. The second-order valence-electron chi connectivity index (χ2n) is 7.02. The highest BCUT2D eigenvalue weighted by molar-refractivity contribution is 5.98. The molecule has 0 spiro atoms. The number of aryl methyl sites for hydroxylation is 1. The van der Waals surface area contributed by atoms with E-state index in [4.69, 9.17) is 0 Å². The summed E-state index contributed by atoms with van der Waals surface area (Å²) < 4.78 is 1.60. The van der Waals surface area contributed by atoms with Gasteiger partial charge in [0.25, 0.3) is 11.5 Å². The molecule has 0 aliphatic heterocycles. The number of hydrogen-bond donors (Lipinski definition) is 2. The molecular formula is C20H22N4O2. The summed E-state index contributed by atoms with van der Waals surface area (Å²) >= 11 is 0. The maximum atomic E-state index is 12.5. The van der Waals surface area contributed by atoms with E-state index in [1.165, 1.54) is 0 Å². The van der Waals surface area contributed by atoms with E-state index in [9.17, 15) is 9.59 Å². The highest BCUT2D eigenvalue weighted by Gasteiger charge is 2.25. The molecule has 1 saturated carbocycles. The Balaban J connectivity index is 1.39. The second kappa shape index (κ2) is 6.78. The van der Waals surface area contributed by atoms with Gasteiger partial charge in [-0.15, -0.1) is 0 Å². The molecule has 1 fully saturated rings. The Hall–Kier alpha value is -2.89. The lowest BCUT2D eigenvalue weighted by molar-refractivity contribution is 0.0921. The van der Waals surface area contributed by atoms with Gasteiger partial charge in [-0.05, 0) is 62.3 Å². The maximum Gasteiger partial charge on any atom is 0.267 e. The summed E-state index contributed by atoms with van der Waals surface area (Å²) in [5.74, 6) is -0.0456. The number of rotatable bonds is 3. The number of carbonyl (C=O) groups excluding carboxylic acids is 1. The number of benzene rings is 1. The molecule has 3 aromatic rings. The first-order chi connectivity index (χ1) is 12.6. The lowest BCUT2D eigenvalue weighted by atomic mass is 9.91. The Bertz CT molecular complexity index is 996. The van der Waals surface area contributed by atoms with Gasteiger partial charge in [-0.3, -0.25) is 9.59 Å². The van der Waals surface area contributed by atoms with Crippen LogP contribution in [0.15, 0.2) is 47.4 Å². The summed E-state index contributed by atoms with van der Waals surface area (Å²) in [6.07, 6.45) is 5.26. The van der Waals surface area contributed by atoms with Crippen LogP contribution in [0.2, 0.25) is 0 Å². The van der Waals surface area contributed by atoms with Gasteiger partial charge in [0.15, 0.2) is 0 Å². The van der Waals surface area contributed by atoms with Gasteiger partial charge in [0.1, 0.15) is 0 Å². The van der Waals surface area contributed by atoms with Crippen molar-refractivity contribution in [1.82, 2.24) is 20.1 Å². The van der Waals surface area contributed by atoms with E-state index in [-0.39, 0.29) is 23.6 Å². The van der Waals surface area contributed by atoms with Gasteiger partial charge >= 0.3 is 0 Å². The predicted octanol–water partition coefficient (Wildman–Crippen LogP) is 2.95. The van der Waals surface area contributed by atoms with Crippen molar-refractivity contribution in [2.75, 3.05) is 0 Å². The normalized spacial score (nSPS) is 20.2. The Labute approximate surface area is 151 Å². The van der Waals surface area contributed by atoms with Gasteiger partial charge in [-0.1, -0.05) is 6.07 Å². The third-order valence-corrected chi connectivity index (χ3v) is 5.15. The first-order valence-electron chi connectivity index (χ1n) is 9.04. The van der Waals surface area contributed by atoms with Crippen LogP contribution >= 0.6 is 0 Å². The topological polar surface area (TPSA) is 79.8 Å². The number of amides is 1. The molecule has 0 radical (unpaired) electrons. The van der Waals surface area contributed by atoms with Crippen molar-refractivity contribution < 1.29 is 4.79 Å². The number of fused-ring (bicyclic) bond motifs is 1. The minimum absolute atomic E-state index is 0.0456. The number of H-pyrrole nitrogens is 1. The smallest absolute Gasteiger partial charge is 0.267 e. The van der Waals surface area contributed by atoms with Crippen molar-refractivity contribution in [1.29, 1.82) is 0 Å². The van der Waals surface area contributed by atoms with Crippen molar-refractivity contribution in [2.45, 2.75) is 44.7 Å². The van der Waals surface area contributed by atoms with Gasteiger partial charge in [0.05, 0.1) is 11.7 Å². The van der Waals surface area contributed by atoms with E-state index in [1.54, 1.807) is 16.8 Å². The molecule has 1 amide bonds. The summed E-state index contributed by atoms with van der Waals surface area (Å²) in [6.45, 7) is 1.89. The van der Waals surface area contributed by atoms with Gasteiger partial charge in [0, 0.05) is 29.4 Å². The summed E-state index contributed by atoms with van der Waals surface area (Å²) in [5.41, 5.74) is 2.42. The van der Waals surface area contributed by atoms with Crippen LogP contribution in [0.3, 0.4) is 0 Å². The van der Waals surface area contributed by atoms with Crippen molar-refractivity contribution in [3.05, 3.63) is 64.2 Å². The Morgan fingerprint density at radius 3 is 2.77 bits per heavy atom. The molecule has 6 nitrogen and oxygen atoms in total. The zero-order valence-electron chi connectivity index (χ0n) is 14.7. The van der Waals surface area contributed by atoms with Gasteiger partial charge < -0.3 is 10.3 Å². The molecule has 1 aromatic carbocycles. The van der Waals surface area contributed by atoms with Crippen molar-refractivity contribution in [2.24, 2.45) is 0 Å². The average molecular weight is 350 g/mol. The number of nitrogens with zero attached hydrogens (tertiary/aromatic N) is 2. The van der Waals surface area contributed by atoms with Gasteiger partial charge in [-0.25, -0.2) is 4.68 Å². The van der Waals surface area contributed by atoms with E-state index in [0.29, 0.717) is 5.56 Å². The predicted molar refractivity (Wildman–Crippen MR) is 100 cm³/mol. The molecule has 1 aliphatic rings. The maximum absolute atomic E-state index is 12.5. The fraction of sp³-hybridized carbons (Fsp3) is 0.350. The average Bonchev–Trinajstić information content (AvgIpc) is 3.12. The highest BCUT2D eigenvalue weighted by Crippen LogP contribution is 2.27. The third kappa shape index (κ3) is 3.27. The van der Waals surface area contributed by atoms with Crippen LogP contribution in [0.4, 0.5) is 0 Å². The molecule has 0 unspecified atom stereocenters. The molecular weight excluding hydrogens is 328 g/mol. The zero-order chi connectivity index (χ0) is 18.1. The summed E-state index contributed by atoms with van der Waals surface area (Å²) in [4.78, 5) is 27.7. The quantitative estimate of drug-likeness (QED) is 0.762. The third-order valence-electron chi connectivity index (χ3n) is 5.15. The zero-order valence-corrected chi connectivity index (χ0v) is 14.7. The van der Waals surface area contributed by atoms with Crippen molar-refractivity contribution in [3.63, 3.8) is 0 Å². The molecule has 0 saturated heterocycles. The van der Waals surface area contributed by atoms with Gasteiger partial charge in [-0.2, -0.15) is 5.10 Å². The fourth-order valence-corrected chi connectivity index (χ4v) is 3.70. The van der Waals surface area contributed by atoms with Gasteiger partial charge in [0.2, 0.25) is 0 Å². The van der Waals surface area contributed by atoms with E-state index in [2.05, 4.69) is 15.4 Å². The van der Waals surface area contributed by atoms with Crippen LogP contribution in [0.5, 0.6) is 0 Å². The molecule has 2 aromatic heterocycles. The van der Waals surface area contributed by atoms with E-state index >= 15 is 0 Å². The van der Waals surface area contributed by atoms with Crippen LogP contribution in [0, 0.1) is 6.92 Å². The monoisotopic (exact) mass is 350 g/mol. The molecule has 6 heteroatoms. The SMILES string of the molecule is Cc1ccc(=O)n(C2CCC(NC(=O)c3ccc4cc[nH]c4c3)CC2)n1. The van der Waals surface area contributed by atoms with Crippen molar-refractivity contribution >= 4 is 16.8 Å². The molecule has 1 aliphatic carbocycles. The number of aromatic amines is 1. The molecule has 2 heterocycles. The Morgan fingerprint density at radius 2 is 1.96 bits per heavy atom. The summed E-state index contributed by atoms with van der Waals surface area (Å²) in [7, 11) is 0. The Morgan fingerprint density at radius 1 is 1.15 bits per heavy atom. The number of aromatic nitrogens is 3. The number of carbonyl (C=O) groups is 1. The van der Waals surface area contributed by atoms with Crippen LogP contribution in [-0.2, 0) is 0 Å². The molecule has 4 rings (SSSR count). The molecule has 2 N–H and O–H groups in total.